The topological polar surface area (TPSA) is 70.3 Å². The van der Waals surface area contributed by atoms with Gasteiger partial charge in [-0.1, -0.05) is 35.5 Å². The molecule has 2 heterocycles. The fraction of sp³-hybridized carbons (Fsp3) is 0.227. The van der Waals surface area contributed by atoms with Crippen LogP contribution in [-0.2, 0) is 0 Å². The van der Waals surface area contributed by atoms with Crippen LogP contribution >= 0.6 is 0 Å². The maximum atomic E-state index is 5.77. The summed E-state index contributed by atoms with van der Waals surface area (Å²) >= 11 is 0. The molecule has 0 radical (unpaired) electrons. The van der Waals surface area contributed by atoms with Crippen LogP contribution in [-0.4, -0.2) is 28.3 Å². The average molecular weight is 375 g/mol. The zero-order chi connectivity index (χ0) is 19.5. The Kier molecular flexibility index (Phi) is 4.93. The third-order valence-electron chi connectivity index (χ3n) is 4.38. The number of benzene rings is 2. The van der Waals surface area contributed by atoms with Crippen molar-refractivity contribution in [1.82, 2.24) is 15.1 Å². The van der Waals surface area contributed by atoms with E-state index >= 15 is 0 Å². The standard InChI is InChI=1S/C22H21N3O3/c1-4-26-18-12-7-6-11-16(18)22-24-20(25-28-22)17-13-15-10-8-9-14(3)19(15)23-21(17)27-5-2/h6-13H,4-5H2,1-3H3. The SMILES string of the molecule is CCOc1ccccc1-c1nc(-c2cc3cccc(C)c3nc2OCC)no1. The van der Waals surface area contributed by atoms with E-state index in [2.05, 4.69) is 10.1 Å². The minimum atomic E-state index is 0.394. The Morgan fingerprint density at radius 2 is 1.71 bits per heavy atom. The van der Waals surface area contributed by atoms with E-state index < -0.39 is 0 Å². The first kappa shape index (κ1) is 18.0. The predicted octanol–water partition coefficient (Wildman–Crippen LogP) is 5.06. The molecule has 0 atom stereocenters. The molecule has 0 saturated heterocycles. The molecule has 2 aromatic heterocycles. The lowest BCUT2D eigenvalue weighted by atomic mass is 10.1. The number of aryl methyl sites for hydroxylation is 1. The van der Waals surface area contributed by atoms with Crippen molar-refractivity contribution in [3.63, 3.8) is 0 Å². The lowest BCUT2D eigenvalue weighted by molar-refractivity contribution is 0.329. The fourth-order valence-corrected chi connectivity index (χ4v) is 3.10. The summed E-state index contributed by atoms with van der Waals surface area (Å²) in [5.41, 5.74) is 3.44. The van der Waals surface area contributed by atoms with Gasteiger partial charge >= 0.3 is 0 Å². The number of fused-ring (bicyclic) bond motifs is 1. The Labute approximate surface area is 163 Å². The van der Waals surface area contributed by atoms with E-state index in [0.717, 1.165) is 22.0 Å². The summed E-state index contributed by atoms with van der Waals surface area (Å²) in [6.45, 7) is 6.94. The summed E-state index contributed by atoms with van der Waals surface area (Å²) in [5.74, 6) is 2.03. The van der Waals surface area contributed by atoms with Crippen LogP contribution in [0.25, 0.3) is 33.7 Å². The summed E-state index contributed by atoms with van der Waals surface area (Å²) in [6.07, 6.45) is 0. The lowest BCUT2D eigenvalue weighted by Gasteiger charge is -2.09. The van der Waals surface area contributed by atoms with E-state index in [0.29, 0.717) is 42.1 Å². The van der Waals surface area contributed by atoms with E-state index in [1.165, 1.54) is 0 Å². The first-order chi connectivity index (χ1) is 13.7. The molecule has 6 nitrogen and oxygen atoms in total. The van der Waals surface area contributed by atoms with Crippen LogP contribution in [0, 0.1) is 6.92 Å². The maximum absolute atomic E-state index is 5.77. The number of nitrogens with zero attached hydrogens (tertiary/aromatic N) is 3. The van der Waals surface area contributed by atoms with Crippen molar-refractivity contribution in [2.45, 2.75) is 20.8 Å². The van der Waals surface area contributed by atoms with Crippen LogP contribution < -0.4 is 9.47 Å². The van der Waals surface area contributed by atoms with Gasteiger partial charge in [-0.25, -0.2) is 4.98 Å². The molecule has 0 amide bonds. The highest BCUT2D eigenvalue weighted by Gasteiger charge is 2.19. The first-order valence-corrected chi connectivity index (χ1v) is 9.30. The average Bonchev–Trinajstić information content (AvgIpc) is 3.19. The molecule has 0 aliphatic heterocycles. The highest BCUT2D eigenvalue weighted by molar-refractivity contribution is 5.87. The number of para-hydroxylation sites is 2. The van der Waals surface area contributed by atoms with Gasteiger partial charge in [-0.2, -0.15) is 4.98 Å². The Balaban J connectivity index is 1.82. The van der Waals surface area contributed by atoms with Crippen molar-refractivity contribution in [1.29, 1.82) is 0 Å². The summed E-state index contributed by atoms with van der Waals surface area (Å²) < 4.78 is 17.0. The van der Waals surface area contributed by atoms with Gasteiger partial charge in [-0.05, 0) is 44.5 Å². The van der Waals surface area contributed by atoms with Crippen LogP contribution in [0.15, 0.2) is 53.1 Å². The molecule has 0 fully saturated rings. The smallest absolute Gasteiger partial charge is 0.262 e. The van der Waals surface area contributed by atoms with E-state index in [4.69, 9.17) is 19.0 Å². The van der Waals surface area contributed by atoms with Gasteiger partial charge in [0.1, 0.15) is 5.75 Å². The molecule has 0 bridgehead atoms. The highest BCUT2D eigenvalue weighted by Crippen LogP contribution is 2.34. The lowest BCUT2D eigenvalue weighted by Crippen LogP contribution is -1.99. The second kappa shape index (κ2) is 7.68. The minimum absolute atomic E-state index is 0.394. The Bertz CT molecular complexity index is 1120. The van der Waals surface area contributed by atoms with Crippen molar-refractivity contribution in [2.24, 2.45) is 0 Å². The predicted molar refractivity (Wildman–Crippen MR) is 108 cm³/mol. The molecular formula is C22H21N3O3. The largest absolute Gasteiger partial charge is 0.493 e. The number of aromatic nitrogens is 3. The van der Waals surface area contributed by atoms with Gasteiger partial charge in [0.2, 0.25) is 11.7 Å². The maximum Gasteiger partial charge on any atom is 0.262 e. The van der Waals surface area contributed by atoms with E-state index in [1.807, 2.05) is 69.3 Å². The van der Waals surface area contributed by atoms with Crippen LogP contribution in [0.2, 0.25) is 0 Å². The van der Waals surface area contributed by atoms with Crippen LogP contribution in [0.5, 0.6) is 11.6 Å². The fourth-order valence-electron chi connectivity index (χ4n) is 3.10. The number of ether oxygens (including phenoxy) is 2. The van der Waals surface area contributed by atoms with Gasteiger partial charge in [-0.15, -0.1) is 0 Å². The Hall–Kier alpha value is -3.41. The van der Waals surface area contributed by atoms with Crippen LogP contribution in [0.3, 0.4) is 0 Å². The summed E-state index contributed by atoms with van der Waals surface area (Å²) in [7, 11) is 0. The third kappa shape index (κ3) is 3.29. The minimum Gasteiger partial charge on any atom is -0.493 e. The quantitative estimate of drug-likeness (QED) is 0.469. The number of rotatable bonds is 6. The molecule has 4 aromatic rings. The normalized spacial score (nSPS) is 11.0. The van der Waals surface area contributed by atoms with Crippen LogP contribution in [0.1, 0.15) is 19.4 Å². The van der Waals surface area contributed by atoms with Gasteiger partial charge < -0.3 is 14.0 Å². The second-order valence-electron chi connectivity index (χ2n) is 6.27. The van der Waals surface area contributed by atoms with Crippen molar-refractivity contribution in [3.05, 3.63) is 54.1 Å². The Morgan fingerprint density at radius 1 is 0.893 bits per heavy atom. The highest BCUT2D eigenvalue weighted by atomic mass is 16.5. The Morgan fingerprint density at radius 3 is 2.54 bits per heavy atom. The number of hydrogen-bond donors (Lipinski definition) is 0. The first-order valence-electron chi connectivity index (χ1n) is 9.30. The molecule has 0 aliphatic carbocycles. The van der Waals surface area contributed by atoms with Gasteiger partial charge in [-0.3, -0.25) is 0 Å². The summed E-state index contributed by atoms with van der Waals surface area (Å²) in [6, 6.07) is 15.6. The monoisotopic (exact) mass is 375 g/mol. The van der Waals surface area contributed by atoms with E-state index in [9.17, 15) is 0 Å². The molecule has 0 saturated carbocycles. The molecule has 4 rings (SSSR count). The molecule has 2 aromatic carbocycles. The van der Waals surface area contributed by atoms with E-state index in [1.54, 1.807) is 0 Å². The summed E-state index contributed by atoms with van der Waals surface area (Å²) in [5, 5.41) is 5.17. The molecule has 28 heavy (non-hydrogen) atoms. The molecule has 0 aliphatic rings. The van der Waals surface area contributed by atoms with Crippen molar-refractivity contribution >= 4 is 10.9 Å². The zero-order valence-electron chi connectivity index (χ0n) is 16.1. The molecule has 142 valence electrons. The van der Waals surface area contributed by atoms with Gasteiger partial charge in [0.15, 0.2) is 0 Å². The zero-order valence-corrected chi connectivity index (χ0v) is 16.1. The van der Waals surface area contributed by atoms with Crippen LogP contribution in [0.4, 0.5) is 0 Å². The second-order valence-corrected chi connectivity index (χ2v) is 6.27. The number of hydrogen-bond acceptors (Lipinski definition) is 6. The van der Waals surface area contributed by atoms with Crippen molar-refractivity contribution in [3.8, 4) is 34.5 Å². The van der Waals surface area contributed by atoms with E-state index in [-0.39, 0.29) is 0 Å². The van der Waals surface area contributed by atoms with Gasteiger partial charge in [0.25, 0.3) is 5.89 Å². The summed E-state index contributed by atoms with van der Waals surface area (Å²) in [4.78, 5) is 9.29. The van der Waals surface area contributed by atoms with Gasteiger partial charge in [0.05, 0.1) is 29.9 Å². The van der Waals surface area contributed by atoms with Crippen molar-refractivity contribution < 1.29 is 14.0 Å². The molecule has 0 N–H and O–H groups in total. The molecular weight excluding hydrogens is 354 g/mol. The third-order valence-corrected chi connectivity index (χ3v) is 4.38. The molecule has 0 unspecified atom stereocenters. The van der Waals surface area contributed by atoms with Crippen molar-refractivity contribution in [2.75, 3.05) is 13.2 Å². The van der Waals surface area contributed by atoms with Gasteiger partial charge in [0, 0.05) is 5.39 Å². The number of pyridine rings is 1. The molecule has 0 spiro atoms. The molecule has 6 heteroatoms.